The van der Waals surface area contributed by atoms with Crippen LogP contribution in [0.1, 0.15) is 18.4 Å². The van der Waals surface area contributed by atoms with Gasteiger partial charge in [0, 0.05) is 25.8 Å². The molecule has 0 unspecified atom stereocenters. The fraction of sp³-hybridized carbons (Fsp3) is 0.588. The first-order valence-electron chi connectivity index (χ1n) is 8.03. The highest BCUT2D eigenvalue weighted by atomic mass is 32.2. The number of hydrogen-bond donors (Lipinski definition) is 1. The van der Waals surface area contributed by atoms with Crippen molar-refractivity contribution in [1.29, 1.82) is 0 Å². The van der Waals surface area contributed by atoms with Crippen LogP contribution in [0.2, 0.25) is 0 Å². The number of likely N-dealkylation sites (tertiary alicyclic amines) is 1. The Kier molecular flexibility index (Phi) is 5.67. The summed E-state index contributed by atoms with van der Waals surface area (Å²) in [6.07, 6.45) is 1.54. The maximum atomic E-state index is 12.3. The lowest BCUT2D eigenvalue weighted by molar-refractivity contribution is -0.141. The van der Waals surface area contributed by atoms with Crippen LogP contribution in [0.15, 0.2) is 30.3 Å². The lowest BCUT2D eigenvalue weighted by atomic mass is 9.79. The molecule has 1 saturated heterocycles. The van der Waals surface area contributed by atoms with Crippen LogP contribution in [0.4, 0.5) is 0 Å². The third kappa shape index (κ3) is 4.34. The minimum Gasteiger partial charge on any atom is -0.383 e. The van der Waals surface area contributed by atoms with E-state index in [0.717, 1.165) is 11.8 Å². The monoisotopic (exact) mass is 354 g/mol. The van der Waals surface area contributed by atoms with E-state index >= 15 is 0 Å². The summed E-state index contributed by atoms with van der Waals surface area (Å²) in [7, 11) is 0.595. The van der Waals surface area contributed by atoms with Gasteiger partial charge in [0.1, 0.15) is 15.4 Å². The van der Waals surface area contributed by atoms with Gasteiger partial charge in [-0.2, -0.15) is 0 Å². The number of sulfone groups is 1. The topological polar surface area (TPSA) is 77.9 Å². The van der Waals surface area contributed by atoms with Gasteiger partial charge in [0.05, 0.1) is 11.8 Å². The number of aliphatic hydroxyl groups is 1. The standard InChI is InChI=1S/C17H26N2O4S/c1-18(2)15-13-19(16(20)9-12-24(3,22)23)11-10-17(15,21)14-7-5-4-6-8-14/h4-8,15,21H,9-13H2,1-3H3/t15-,17+/m1/s1. The first-order valence-corrected chi connectivity index (χ1v) is 10.1. The van der Waals surface area contributed by atoms with Gasteiger partial charge in [0.2, 0.25) is 5.91 Å². The number of hydrogen-bond acceptors (Lipinski definition) is 5. The summed E-state index contributed by atoms with van der Waals surface area (Å²) in [6.45, 7) is 0.791. The van der Waals surface area contributed by atoms with E-state index < -0.39 is 15.4 Å². The summed E-state index contributed by atoms with van der Waals surface area (Å²) in [5.74, 6) is -0.319. The van der Waals surface area contributed by atoms with E-state index in [1.165, 1.54) is 0 Å². The van der Waals surface area contributed by atoms with Crippen molar-refractivity contribution in [3.8, 4) is 0 Å². The van der Waals surface area contributed by atoms with Gasteiger partial charge in [-0.25, -0.2) is 8.42 Å². The van der Waals surface area contributed by atoms with E-state index in [-0.39, 0.29) is 24.1 Å². The van der Waals surface area contributed by atoms with Gasteiger partial charge < -0.3 is 14.9 Å². The zero-order chi connectivity index (χ0) is 18.0. The van der Waals surface area contributed by atoms with E-state index in [1.54, 1.807) is 4.90 Å². The maximum Gasteiger partial charge on any atom is 0.223 e. The maximum absolute atomic E-state index is 12.3. The molecular formula is C17H26N2O4S. The quantitative estimate of drug-likeness (QED) is 0.832. The minimum atomic E-state index is -3.16. The molecule has 6 nitrogen and oxygen atoms in total. The lowest BCUT2D eigenvalue weighted by Crippen LogP contribution is -2.60. The Hall–Kier alpha value is -1.44. The summed E-state index contributed by atoms with van der Waals surface area (Å²) in [6, 6.07) is 9.24. The molecule has 0 bridgehead atoms. The number of likely N-dealkylation sites (N-methyl/N-ethyl adjacent to an activating group) is 1. The summed E-state index contributed by atoms with van der Waals surface area (Å²) >= 11 is 0. The van der Waals surface area contributed by atoms with Crippen molar-refractivity contribution in [1.82, 2.24) is 9.80 Å². The smallest absolute Gasteiger partial charge is 0.223 e. The average Bonchev–Trinajstić information content (AvgIpc) is 2.53. The molecule has 1 heterocycles. The van der Waals surface area contributed by atoms with Crippen molar-refractivity contribution in [2.75, 3.05) is 39.2 Å². The molecule has 134 valence electrons. The molecule has 2 rings (SSSR count). The average molecular weight is 354 g/mol. The van der Waals surface area contributed by atoms with Crippen molar-refractivity contribution < 1.29 is 18.3 Å². The highest BCUT2D eigenvalue weighted by Crippen LogP contribution is 2.35. The van der Waals surface area contributed by atoms with Gasteiger partial charge in [-0.15, -0.1) is 0 Å². The minimum absolute atomic E-state index is 0.0112. The highest BCUT2D eigenvalue weighted by molar-refractivity contribution is 7.90. The fourth-order valence-electron chi connectivity index (χ4n) is 3.23. The Labute approximate surface area is 144 Å². The Balaban J connectivity index is 2.15. The van der Waals surface area contributed by atoms with Gasteiger partial charge in [-0.3, -0.25) is 4.79 Å². The number of carbonyl (C=O) groups is 1. The Bertz CT molecular complexity index is 675. The van der Waals surface area contributed by atoms with Gasteiger partial charge >= 0.3 is 0 Å². The predicted octanol–water partition coefficient (Wildman–Crippen LogP) is 0.471. The molecule has 1 aliphatic rings. The lowest BCUT2D eigenvalue weighted by Gasteiger charge is -2.47. The summed E-state index contributed by atoms with van der Waals surface area (Å²) in [4.78, 5) is 15.9. The van der Waals surface area contributed by atoms with Crippen LogP contribution < -0.4 is 0 Å². The molecule has 1 aromatic carbocycles. The van der Waals surface area contributed by atoms with E-state index in [0.29, 0.717) is 19.5 Å². The second-order valence-corrected chi connectivity index (χ2v) is 9.00. The fourth-order valence-corrected chi connectivity index (χ4v) is 3.78. The van der Waals surface area contributed by atoms with Crippen LogP contribution in [-0.2, 0) is 20.2 Å². The SMILES string of the molecule is CN(C)[C@@H]1CN(C(=O)CCS(C)(=O)=O)CC[C@]1(O)c1ccccc1. The van der Waals surface area contributed by atoms with Gasteiger partial charge in [-0.05, 0) is 26.1 Å². The van der Waals surface area contributed by atoms with Crippen molar-refractivity contribution in [3.05, 3.63) is 35.9 Å². The molecular weight excluding hydrogens is 328 g/mol. The van der Waals surface area contributed by atoms with E-state index in [1.807, 2.05) is 49.3 Å². The number of piperidine rings is 1. The third-order valence-electron chi connectivity index (χ3n) is 4.64. The summed E-state index contributed by atoms with van der Waals surface area (Å²) < 4.78 is 22.5. The van der Waals surface area contributed by atoms with Crippen LogP contribution in [0, 0.1) is 0 Å². The van der Waals surface area contributed by atoms with Gasteiger partial charge in [-0.1, -0.05) is 30.3 Å². The molecule has 1 fully saturated rings. The normalized spacial score (nSPS) is 25.0. The Morgan fingerprint density at radius 1 is 1.33 bits per heavy atom. The van der Waals surface area contributed by atoms with Gasteiger partial charge in [0.25, 0.3) is 0 Å². The summed E-state index contributed by atoms with van der Waals surface area (Å²) in [5, 5.41) is 11.3. The predicted molar refractivity (Wildman–Crippen MR) is 93.3 cm³/mol. The van der Waals surface area contributed by atoms with Crippen molar-refractivity contribution in [3.63, 3.8) is 0 Å². The van der Waals surface area contributed by atoms with Gasteiger partial charge in [0.15, 0.2) is 0 Å². The molecule has 1 N–H and O–H groups in total. The van der Waals surface area contributed by atoms with Crippen molar-refractivity contribution in [2.45, 2.75) is 24.5 Å². The number of amides is 1. The number of benzene rings is 1. The molecule has 2 atom stereocenters. The van der Waals surface area contributed by atoms with E-state index in [4.69, 9.17) is 0 Å². The van der Waals surface area contributed by atoms with Crippen molar-refractivity contribution >= 4 is 15.7 Å². The van der Waals surface area contributed by atoms with Crippen LogP contribution in [-0.4, -0.2) is 74.5 Å². The van der Waals surface area contributed by atoms with Crippen molar-refractivity contribution in [2.24, 2.45) is 0 Å². The molecule has 0 spiro atoms. The van der Waals surface area contributed by atoms with Crippen LogP contribution in [0.3, 0.4) is 0 Å². The second kappa shape index (κ2) is 7.21. The number of carbonyl (C=O) groups excluding carboxylic acids is 1. The molecule has 24 heavy (non-hydrogen) atoms. The van der Waals surface area contributed by atoms with E-state index in [2.05, 4.69) is 0 Å². The zero-order valence-corrected chi connectivity index (χ0v) is 15.3. The second-order valence-electron chi connectivity index (χ2n) is 6.74. The Morgan fingerprint density at radius 3 is 2.50 bits per heavy atom. The van der Waals surface area contributed by atoms with Crippen LogP contribution >= 0.6 is 0 Å². The summed E-state index contributed by atoms with van der Waals surface area (Å²) in [5.41, 5.74) is -0.190. The molecule has 0 saturated carbocycles. The molecule has 1 aromatic rings. The highest BCUT2D eigenvalue weighted by Gasteiger charge is 2.44. The first-order chi connectivity index (χ1) is 11.1. The number of nitrogens with zero attached hydrogens (tertiary/aromatic N) is 2. The van der Waals surface area contributed by atoms with E-state index in [9.17, 15) is 18.3 Å². The molecule has 0 aliphatic carbocycles. The largest absolute Gasteiger partial charge is 0.383 e. The molecule has 0 aromatic heterocycles. The Morgan fingerprint density at radius 2 is 1.96 bits per heavy atom. The molecule has 1 amide bonds. The number of rotatable bonds is 5. The molecule has 0 radical (unpaired) electrons. The van der Waals surface area contributed by atoms with Crippen LogP contribution in [0.25, 0.3) is 0 Å². The zero-order valence-electron chi connectivity index (χ0n) is 14.5. The third-order valence-corrected chi connectivity index (χ3v) is 5.59. The molecule has 7 heteroatoms. The molecule has 1 aliphatic heterocycles. The first kappa shape index (κ1) is 18.9. The van der Waals surface area contributed by atoms with Crippen LogP contribution in [0.5, 0.6) is 0 Å².